The second kappa shape index (κ2) is 6.55. The molecule has 116 valence electrons. The van der Waals surface area contributed by atoms with Crippen LogP contribution in [0, 0.1) is 0 Å². The van der Waals surface area contributed by atoms with Crippen LogP contribution in [-0.4, -0.2) is 22.0 Å². The van der Waals surface area contributed by atoms with Gasteiger partial charge in [-0.15, -0.1) is 0 Å². The summed E-state index contributed by atoms with van der Waals surface area (Å²) >= 11 is 0. The second-order valence-corrected chi connectivity index (χ2v) is 4.19. The van der Waals surface area contributed by atoms with Crippen LogP contribution in [0.3, 0.4) is 0 Å². The summed E-state index contributed by atoms with van der Waals surface area (Å²) in [5.41, 5.74) is -0.718. The topological polar surface area (TPSA) is 76.5 Å². The summed E-state index contributed by atoms with van der Waals surface area (Å²) < 4.78 is 44.0. The minimum absolute atomic E-state index is 0.00174. The van der Waals surface area contributed by atoms with E-state index in [1.54, 1.807) is 13.8 Å². The third-order valence-corrected chi connectivity index (χ3v) is 2.76. The maximum Gasteiger partial charge on any atom is 0.421 e. The van der Waals surface area contributed by atoms with Gasteiger partial charge in [-0.2, -0.15) is 13.2 Å². The number of carboxylic acid groups (broad SMARTS) is 1. The molecule has 0 unspecified atom stereocenters. The molecule has 1 rings (SSSR count). The second-order valence-electron chi connectivity index (χ2n) is 4.19. The average molecular weight is 305 g/mol. The minimum atomic E-state index is -4.75. The molecule has 0 aliphatic carbocycles. The van der Waals surface area contributed by atoms with Crippen molar-refractivity contribution in [3.05, 3.63) is 22.9 Å². The third-order valence-electron chi connectivity index (χ3n) is 2.76. The lowest BCUT2D eigenvalue weighted by molar-refractivity contribution is -0.147. The Bertz CT molecular complexity index is 555. The minimum Gasteiger partial charge on any atom is -0.481 e. The van der Waals surface area contributed by atoms with Gasteiger partial charge in [-0.1, -0.05) is 13.8 Å². The molecular weight excluding hydrogens is 291 g/mol. The Labute approximate surface area is 118 Å². The Morgan fingerprint density at radius 1 is 1.29 bits per heavy atom. The first-order chi connectivity index (χ1) is 9.70. The number of carboxylic acids is 1. The molecule has 0 radical (unpaired) electrons. The van der Waals surface area contributed by atoms with Gasteiger partial charge >= 0.3 is 18.1 Å². The van der Waals surface area contributed by atoms with Crippen LogP contribution in [-0.2, 0) is 28.6 Å². The van der Waals surface area contributed by atoms with E-state index in [-0.39, 0.29) is 12.0 Å². The predicted molar refractivity (Wildman–Crippen MR) is 65.9 cm³/mol. The molecule has 1 aromatic rings. The van der Waals surface area contributed by atoms with Gasteiger partial charge in [0.05, 0.1) is 0 Å². The van der Waals surface area contributed by atoms with E-state index in [1.165, 1.54) is 6.20 Å². The van der Waals surface area contributed by atoms with E-state index in [4.69, 9.17) is 5.11 Å². The zero-order chi connectivity index (χ0) is 16.2. The number of aromatic nitrogens is 1. The molecule has 0 saturated carbocycles. The molecule has 8 heteroatoms. The van der Waals surface area contributed by atoms with E-state index in [9.17, 15) is 22.8 Å². The number of aliphatic carboxylic acids is 1. The highest BCUT2D eigenvalue weighted by Crippen LogP contribution is 2.39. The van der Waals surface area contributed by atoms with Gasteiger partial charge in [-0.3, -0.25) is 9.59 Å². The molecule has 0 atom stereocenters. The highest BCUT2D eigenvalue weighted by atomic mass is 19.4. The molecule has 0 spiro atoms. The first-order valence-corrected chi connectivity index (χ1v) is 6.21. The largest absolute Gasteiger partial charge is 0.481 e. The van der Waals surface area contributed by atoms with Gasteiger partial charge in [0.15, 0.2) is 0 Å². The van der Waals surface area contributed by atoms with Crippen LogP contribution in [0.15, 0.2) is 6.20 Å². The van der Waals surface area contributed by atoms with E-state index in [0.717, 1.165) is 0 Å². The Kier molecular flexibility index (Phi) is 5.28. The molecule has 0 aliphatic heterocycles. The van der Waals surface area contributed by atoms with Gasteiger partial charge in [0.1, 0.15) is 12.0 Å². The van der Waals surface area contributed by atoms with Crippen molar-refractivity contribution in [2.24, 2.45) is 0 Å². The number of hydrogen-bond acceptors (Lipinski definition) is 4. The fourth-order valence-electron chi connectivity index (χ4n) is 1.91. The molecular formula is C13H14F3NO4. The number of nitrogens with zero attached hydrogens (tertiary/aromatic N) is 1. The summed E-state index contributed by atoms with van der Waals surface area (Å²) in [4.78, 5) is 25.1. The van der Waals surface area contributed by atoms with Gasteiger partial charge in [0.2, 0.25) is 5.88 Å². The van der Waals surface area contributed by atoms with E-state index in [0.29, 0.717) is 12.0 Å². The Balaban J connectivity index is 3.32. The monoisotopic (exact) mass is 305 g/mol. The van der Waals surface area contributed by atoms with Crippen molar-refractivity contribution in [1.29, 1.82) is 0 Å². The molecule has 1 N–H and O–H groups in total. The van der Waals surface area contributed by atoms with Gasteiger partial charge in [0, 0.05) is 6.20 Å². The molecule has 5 nitrogen and oxygen atoms in total. The number of rotatable bonds is 5. The van der Waals surface area contributed by atoms with Gasteiger partial charge in [0.25, 0.3) is 0 Å². The van der Waals surface area contributed by atoms with Crippen LogP contribution in [0.4, 0.5) is 13.2 Å². The van der Waals surface area contributed by atoms with Crippen molar-refractivity contribution in [3.8, 4) is 5.88 Å². The molecule has 0 bridgehead atoms. The van der Waals surface area contributed by atoms with Crippen LogP contribution in [0.25, 0.3) is 0 Å². The Morgan fingerprint density at radius 3 is 2.33 bits per heavy atom. The van der Waals surface area contributed by atoms with Gasteiger partial charge in [-0.25, -0.2) is 4.98 Å². The molecule has 0 aromatic carbocycles. The lowest BCUT2D eigenvalue weighted by Gasteiger charge is -2.17. The molecule has 0 aliphatic rings. The molecule has 21 heavy (non-hydrogen) atoms. The first kappa shape index (κ1) is 16.9. The van der Waals surface area contributed by atoms with Crippen molar-refractivity contribution in [2.75, 3.05) is 0 Å². The number of alkyl halides is 3. The summed E-state index contributed by atoms with van der Waals surface area (Å²) in [7, 11) is 0. The van der Waals surface area contributed by atoms with E-state index < -0.39 is 36.0 Å². The lowest BCUT2D eigenvalue weighted by Crippen LogP contribution is -2.19. The van der Waals surface area contributed by atoms with Crippen molar-refractivity contribution >= 4 is 11.9 Å². The number of hydrogen-bond donors (Lipinski definition) is 1. The number of carbonyl (C=O) groups excluding carboxylic acids is 1. The highest BCUT2D eigenvalue weighted by molar-refractivity contribution is 5.91. The van der Waals surface area contributed by atoms with E-state index in [1.807, 2.05) is 0 Å². The molecule has 0 fully saturated rings. The molecule has 1 heterocycles. The summed E-state index contributed by atoms with van der Waals surface area (Å²) in [6, 6.07) is 0. The summed E-state index contributed by atoms with van der Waals surface area (Å²) in [5.74, 6) is -3.69. The van der Waals surface area contributed by atoms with Gasteiger partial charge in [-0.05, 0) is 24.0 Å². The standard InChI is InChI=1S/C13H14F3NO4/c1-3-7-6-17-12(21-10(20)5-9(18)19)11(8(7)4-2)13(14,15)16/h6H,3-5H2,1-2H3,(H,18,19). The molecule has 0 saturated heterocycles. The van der Waals surface area contributed by atoms with E-state index in [2.05, 4.69) is 9.72 Å². The normalized spacial score (nSPS) is 11.3. The zero-order valence-electron chi connectivity index (χ0n) is 11.5. The fraction of sp³-hybridized carbons (Fsp3) is 0.462. The fourth-order valence-corrected chi connectivity index (χ4v) is 1.91. The quantitative estimate of drug-likeness (QED) is 0.668. The van der Waals surface area contributed by atoms with Crippen molar-refractivity contribution in [3.63, 3.8) is 0 Å². The van der Waals surface area contributed by atoms with E-state index >= 15 is 0 Å². The van der Waals surface area contributed by atoms with Crippen molar-refractivity contribution < 1.29 is 32.6 Å². The smallest absolute Gasteiger partial charge is 0.421 e. The SMILES string of the molecule is CCc1cnc(OC(=O)CC(=O)O)c(C(F)(F)F)c1CC. The Hall–Kier alpha value is -2.12. The number of esters is 1. The Morgan fingerprint density at radius 2 is 1.90 bits per heavy atom. The summed E-state index contributed by atoms with van der Waals surface area (Å²) in [6.07, 6.45) is -4.14. The number of aryl methyl sites for hydroxylation is 1. The first-order valence-electron chi connectivity index (χ1n) is 6.21. The van der Waals surface area contributed by atoms with Crippen LogP contribution in [0.2, 0.25) is 0 Å². The van der Waals surface area contributed by atoms with Crippen LogP contribution >= 0.6 is 0 Å². The lowest BCUT2D eigenvalue weighted by atomic mass is 9.99. The van der Waals surface area contributed by atoms with Gasteiger partial charge < -0.3 is 9.84 Å². The number of ether oxygens (including phenoxy) is 1. The molecule has 1 aromatic heterocycles. The van der Waals surface area contributed by atoms with Crippen molar-refractivity contribution in [1.82, 2.24) is 4.98 Å². The predicted octanol–water partition coefficient (Wildman–Crippen LogP) is 2.61. The van der Waals surface area contributed by atoms with Crippen LogP contribution < -0.4 is 4.74 Å². The highest BCUT2D eigenvalue weighted by Gasteiger charge is 2.39. The molecule has 0 amide bonds. The van der Waals surface area contributed by atoms with Crippen LogP contribution in [0.5, 0.6) is 5.88 Å². The third kappa shape index (κ3) is 4.17. The summed E-state index contributed by atoms with van der Waals surface area (Å²) in [5, 5.41) is 8.43. The maximum absolute atomic E-state index is 13.2. The average Bonchev–Trinajstić information content (AvgIpc) is 2.35. The van der Waals surface area contributed by atoms with Crippen LogP contribution in [0.1, 0.15) is 37.0 Å². The number of pyridine rings is 1. The summed E-state index contributed by atoms with van der Waals surface area (Å²) in [6.45, 7) is 3.24. The number of halogens is 3. The maximum atomic E-state index is 13.2. The zero-order valence-corrected chi connectivity index (χ0v) is 11.5. The van der Waals surface area contributed by atoms with Crippen molar-refractivity contribution in [2.45, 2.75) is 39.3 Å². The number of carbonyl (C=O) groups is 2.